The molecule has 138 valence electrons. The Kier molecular flexibility index (Phi) is 5.16. The first-order chi connectivity index (χ1) is 13.0. The second-order valence-electron chi connectivity index (χ2n) is 6.53. The number of benzene rings is 2. The Hall–Kier alpha value is -1.96. The number of hydrogen-bond donors (Lipinski definition) is 0. The van der Waals surface area contributed by atoms with Gasteiger partial charge in [-0.2, -0.15) is 0 Å². The van der Waals surface area contributed by atoms with Crippen molar-refractivity contribution in [3.63, 3.8) is 0 Å². The third-order valence-electron chi connectivity index (χ3n) is 4.60. The SMILES string of the molecule is C[C@@H]1Cc2ccccc2N1C(=O)[C@@H](C)Sc1nn(-c2ccccc2)c(=S)s1. The fourth-order valence-electron chi connectivity index (χ4n) is 3.34. The van der Waals surface area contributed by atoms with Crippen molar-refractivity contribution in [3.8, 4) is 5.69 Å². The van der Waals surface area contributed by atoms with Gasteiger partial charge in [0.25, 0.3) is 0 Å². The van der Waals surface area contributed by atoms with Crippen LogP contribution in [0.4, 0.5) is 5.69 Å². The molecule has 1 aliphatic rings. The van der Waals surface area contributed by atoms with E-state index in [1.54, 1.807) is 4.68 Å². The number of nitrogens with zero attached hydrogens (tertiary/aromatic N) is 3. The number of carbonyl (C=O) groups is 1. The predicted molar refractivity (Wildman–Crippen MR) is 115 cm³/mol. The first-order valence-corrected chi connectivity index (χ1v) is 10.9. The van der Waals surface area contributed by atoms with Crippen LogP contribution in [0, 0.1) is 3.95 Å². The summed E-state index contributed by atoms with van der Waals surface area (Å²) in [6, 6.07) is 18.2. The minimum Gasteiger partial charge on any atom is -0.308 e. The second-order valence-corrected chi connectivity index (χ2v) is 9.74. The van der Waals surface area contributed by atoms with Crippen LogP contribution < -0.4 is 4.90 Å². The minimum absolute atomic E-state index is 0.116. The van der Waals surface area contributed by atoms with E-state index in [-0.39, 0.29) is 17.2 Å². The van der Waals surface area contributed by atoms with Crippen LogP contribution in [0.1, 0.15) is 19.4 Å². The zero-order valence-electron chi connectivity index (χ0n) is 15.0. The Bertz CT molecular complexity index is 1030. The smallest absolute Gasteiger partial charge is 0.240 e. The average molecular weight is 414 g/mol. The molecule has 2 heterocycles. The summed E-state index contributed by atoms with van der Waals surface area (Å²) in [6.45, 7) is 4.04. The Morgan fingerprint density at radius 3 is 2.70 bits per heavy atom. The van der Waals surface area contributed by atoms with Gasteiger partial charge in [0.1, 0.15) is 0 Å². The summed E-state index contributed by atoms with van der Waals surface area (Å²) in [7, 11) is 0. The van der Waals surface area contributed by atoms with Gasteiger partial charge in [-0.05, 0) is 56.2 Å². The topological polar surface area (TPSA) is 38.1 Å². The van der Waals surface area contributed by atoms with E-state index < -0.39 is 0 Å². The maximum atomic E-state index is 13.1. The molecule has 0 aliphatic carbocycles. The van der Waals surface area contributed by atoms with Crippen LogP contribution >= 0.6 is 35.3 Å². The van der Waals surface area contributed by atoms with Gasteiger partial charge in [-0.3, -0.25) is 4.79 Å². The summed E-state index contributed by atoms with van der Waals surface area (Å²) in [5.41, 5.74) is 3.20. The highest BCUT2D eigenvalue weighted by Gasteiger charge is 2.33. The lowest BCUT2D eigenvalue weighted by atomic mass is 10.1. The van der Waals surface area contributed by atoms with Gasteiger partial charge in [-0.25, -0.2) is 4.68 Å². The standard InChI is InChI=1S/C20H19N3OS3/c1-13-12-15-8-6-7-11-17(15)22(13)18(24)14(2)26-19-21-23(20(25)27-19)16-9-4-3-5-10-16/h3-11,13-14H,12H2,1-2H3/t13-,14-/m1/s1. The number of amides is 1. The highest BCUT2D eigenvalue weighted by atomic mass is 32.2. The minimum atomic E-state index is -0.233. The van der Waals surface area contributed by atoms with Crippen molar-refractivity contribution in [2.75, 3.05) is 4.90 Å². The van der Waals surface area contributed by atoms with E-state index in [0.717, 1.165) is 22.1 Å². The number of rotatable bonds is 4. The normalized spacial score (nSPS) is 17.0. The van der Waals surface area contributed by atoms with Crippen molar-refractivity contribution in [1.82, 2.24) is 9.78 Å². The molecule has 27 heavy (non-hydrogen) atoms. The van der Waals surface area contributed by atoms with Crippen molar-refractivity contribution < 1.29 is 4.79 Å². The van der Waals surface area contributed by atoms with Crippen molar-refractivity contribution >= 4 is 46.9 Å². The molecule has 1 amide bonds. The van der Waals surface area contributed by atoms with E-state index >= 15 is 0 Å². The molecule has 7 heteroatoms. The number of carbonyl (C=O) groups excluding carboxylic acids is 1. The van der Waals surface area contributed by atoms with Crippen molar-refractivity contribution in [2.45, 2.75) is 35.9 Å². The molecule has 0 saturated heterocycles. The summed E-state index contributed by atoms with van der Waals surface area (Å²) < 4.78 is 3.25. The predicted octanol–water partition coefficient (Wildman–Crippen LogP) is 5.12. The van der Waals surface area contributed by atoms with Gasteiger partial charge in [0.2, 0.25) is 5.91 Å². The Morgan fingerprint density at radius 2 is 1.93 bits per heavy atom. The van der Waals surface area contributed by atoms with E-state index in [1.807, 2.05) is 60.4 Å². The van der Waals surface area contributed by atoms with E-state index in [9.17, 15) is 4.79 Å². The lowest BCUT2D eigenvalue weighted by molar-refractivity contribution is -0.118. The van der Waals surface area contributed by atoms with Crippen LogP contribution in [-0.4, -0.2) is 27.0 Å². The molecule has 1 aliphatic heterocycles. The lowest BCUT2D eigenvalue weighted by Gasteiger charge is -2.25. The van der Waals surface area contributed by atoms with Crippen LogP contribution in [0.25, 0.3) is 5.69 Å². The zero-order valence-corrected chi connectivity index (χ0v) is 17.5. The molecule has 0 radical (unpaired) electrons. The molecular formula is C20H19N3OS3. The molecule has 0 unspecified atom stereocenters. The Morgan fingerprint density at radius 1 is 1.22 bits per heavy atom. The van der Waals surface area contributed by atoms with Gasteiger partial charge >= 0.3 is 0 Å². The van der Waals surface area contributed by atoms with Crippen LogP contribution in [0.15, 0.2) is 58.9 Å². The average Bonchev–Trinajstić information content (AvgIpc) is 3.20. The summed E-state index contributed by atoms with van der Waals surface area (Å²) >= 11 is 8.38. The molecule has 4 rings (SSSR count). The van der Waals surface area contributed by atoms with Gasteiger partial charge in [0, 0.05) is 11.7 Å². The molecule has 3 aromatic rings. The van der Waals surface area contributed by atoms with Gasteiger partial charge in [0.15, 0.2) is 8.29 Å². The van der Waals surface area contributed by atoms with Gasteiger partial charge in [0.05, 0.1) is 10.9 Å². The summed E-state index contributed by atoms with van der Waals surface area (Å²) in [4.78, 5) is 15.1. The van der Waals surface area contributed by atoms with Crippen molar-refractivity contribution in [1.29, 1.82) is 0 Å². The Labute approximate surface area is 171 Å². The maximum absolute atomic E-state index is 13.1. The van der Waals surface area contributed by atoms with Crippen molar-refractivity contribution in [3.05, 3.63) is 64.1 Å². The number of thioether (sulfide) groups is 1. The van der Waals surface area contributed by atoms with Crippen LogP contribution in [0.2, 0.25) is 0 Å². The van der Waals surface area contributed by atoms with Gasteiger partial charge in [-0.15, -0.1) is 5.10 Å². The number of anilines is 1. The number of fused-ring (bicyclic) bond motifs is 1. The van der Waals surface area contributed by atoms with E-state index in [2.05, 4.69) is 18.1 Å². The highest BCUT2D eigenvalue weighted by molar-refractivity contribution is 8.02. The lowest BCUT2D eigenvalue weighted by Crippen LogP contribution is -2.40. The summed E-state index contributed by atoms with van der Waals surface area (Å²) in [5.74, 6) is 0.116. The molecule has 2 atom stereocenters. The number of aromatic nitrogens is 2. The molecule has 0 bridgehead atoms. The summed E-state index contributed by atoms with van der Waals surface area (Å²) in [5, 5.41) is 4.38. The fraction of sp³-hybridized carbons (Fsp3) is 0.250. The third-order valence-corrected chi connectivity index (χ3v) is 7.00. The molecule has 0 fully saturated rings. The molecule has 2 aromatic carbocycles. The molecule has 0 saturated carbocycles. The fourth-order valence-corrected chi connectivity index (χ4v) is 5.89. The first-order valence-electron chi connectivity index (χ1n) is 8.78. The van der Waals surface area contributed by atoms with E-state index in [4.69, 9.17) is 12.2 Å². The molecule has 0 N–H and O–H groups in total. The van der Waals surface area contributed by atoms with Gasteiger partial charge in [-0.1, -0.05) is 59.5 Å². The second kappa shape index (κ2) is 7.58. The monoisotopic (exact) mass is 413 g/mol. The molecular weight excluding hydrogens is 394 g/mol. The molecule has 1 aromatic heterocycles. The van der Waals surface area contributed by atoms with Crippen molar-refractivity contribution in [2.24, 2.45) is 0 Å². The first kappa shape index (κ1) is 18.4. The quantitative estimate of drug-likeness (QED) is 0.439. The third kappa shape index (κ3) is 3.59. The van der Waals surface area contributed by atoms with Crippen LogP contribution in [0.3, 0.4) is 0 Å². The zero-order chi connectivity index (χ0) is 19.0. The summed E-state index contributed by atoms with van der Waals surface area (Å²) in [6.07, 6.45) is 0.904. The van der Waals surface area contributed by atoms with E-state index in [0.29, 0.717) is 3.95 Å². The molecule has 0 spiro atoms. The van der Waals surface area contributed by atoms with Gasteiger partial charge < -0.3 is 4.90 Å². The van der Waals surface area contributed by atoms with E-state index in [1.165, 1.54) is 28.7 Å². The number of hydrogen-bond acceptors (Lipinski definition) is 5. The van der Waals surface area contributed by atoms with Crippen LogP contribution in [-0.2, 0) is 11.2 Å². The molecule has 4 nitrogen and oxygen atoms in total. The maximum Gasteiger partial charge on any atom is 0.240 e. The van der Waals surface area contributed by atoms with Crippen LogP contribution in [0.5, 0.6) is 0 Å². The largest absolute Gasteiger partial charge is 0.308 e. The number of para-hydroxylation sites is 2. The highest BCUT2D eigenvalue weighted by Crippen LogP contribution is 2.35. The Balaban J connectivity index is 1.54.